The van der Waals surface area contributed by atoms with E-state index in [1.165, 1.54) is 10.5 Å². The van der Waals surface area contributed by atoms with Crippen LogP contribution in [0.15, 0.2) is 17.3 Å². The van der Waals surface area contributed by atoms with Crippen molar-refractivity contribution in [1.29, 1.82) is 0 Å². The molecular formula is C14H21N5O3S. The molecule has 1 aliphatic heterocycles. The molecule has 8 nitrogen and oxygen atoms in total. The van der Waals surface area contributed by atoms with Gasteiger partial charge in [-0.15, -0.1) is 0 Å². The molecule has 0 saturated carbocycles. The maximum Gasteiger partial charge on any atom is 0.246 e. The van der Waals surface area contributed by atoms with Crippen molar-refractivity contribution in [3.8, 4) is 0 Å². The Labute approximate surface area is 135 Å². The summed E-state index contributed by atoms with van der Waals surface area (Å²) in [6, 6.07) is 0. The lowest BCUT2D eigenvalue weighted by molar-refractivity contribution is -0.00712. The molecule has 2 aromatic heterocycles. The number of nitrogens with one attached hydrogen (secondary N) is 1. The zero-order valence-electron chi connectivity index (χ0n) is 13.5. The molecule has 0 radical (unpaired) electrons. The Hall–Kier alpha value is -1.71. The predicted octanol–water partition coefficient (Wildman–Crippen LogP) is 1.01. The monoisotopic (exact) mass is 339 g/mol. The fourth-order valence-corrected chi connectivity index (χ4v) is 4.33. The summed E-state index contributed by atoms with van der Waals surface area (Å²) in [5.74, 6) is 0.656. The molecular weight excluding hydrogens is 318 g/mol. The Morgan fingerprint density at radius 1 is 1.39 bits per heavy atom. The fourth-order valence-electron chi connectivity index (χ4n) is 2.75. The highest BCUT2D eigenvalue weighted by Gasteiger charge is 2.34. The first-order valence-electron chi connectivity index (χ1n) is 7.59. The van der Waals surface area contributed by atoms with Crippen molar-refractivity contribution in [2.75, 3.05) is 19.7 Å². The third-order valence-corrected chi connectivity index (χ3v) is 6.00. The predicted molar refractivity (Wildman–Crippen MR) is 83.4 cm³/mol. The summed E-state index contributed by atoms with van der Waals surface area (Å²) in [5.41, 5.74) is 1.58. The van der Waals surface area contributed by atoms with Gasteiger partial charge in [0.1, 0.15) is 16.8 Å². The van der Waals surface area contributed by atoms with Gasteiger partial charge in [0, 0.05) is 31.5 Å². The van der Waals surface area contributed by atoms with E-state index in [1.807, 2.05) is 13.8 Å². The molecule has 1 atom stereocenters. The number of hydrogen-bond acceptors (Lipinski definition) is 5. The normalized spacial score (nSPS) is 20.0. The molecule has 1 aliphatic rings. The highest BCUT2D eigenvalue weighted by Crippen LogP contribution is 2.26. The third kappa shape index (κ3) is 2.91. The van der Waals surface area contributed by atoms with Gasteiger partial charge in [-0.3, -0.25) is 4.68 Å². The summed E-state index contributed by atoms with van der Waals surface area (Å²) >= 11 is 0. The number of nitrogens with zero attached hydrogens (tertiary/aromatic N) is 4. The van der Waals surface area contributed by atoms with Crippen LogP contribution in [0.4, 0.5) is 0 Å². The van der Waals surface area contributed by atoms with E-state index in [-0.39, 0.29) is 17.5 Å². The number of imidazole rings is 1. The van der Waals surface area contributed by atoms with Crippen molar-refractivity contribution in [1.82, 2.24) is 24.1 Å². The molecule has 3 rings (SSSR count). The van der Waals surface area contributed by atoms with E-state index < -0.39 is 10.0 Å². The van der Waals surface area contributed by atoms with Crippen molar-refractivity contribution in [3.05, 3.63) is 29.6 Å². The molecule has 0 amide bonds. The molecule has 126 valence electrons. The van der Waals surface area contributed by atoms with Crippen LogP contribution in [0.25, 0.3) is 0 Å². The molecule has 9 heteroatoms. The van der Waals surface area contributed by atoms with Gasteiger partial charge in [-0.2, -0.15) is 9.40 Å². The minimum Gasteiger partial charge on any atom is -0.368 e. The number of aromatic nitrogens is 4. The van der Waals surface area contributed by atoms with Gasteiger partial charge in [0.05, 0.1) is 18.5 Å². The SMILES string of the molecule is CCn1ncc(S(=O)(=O)N2CCO[C@H](c3ncc(C)[nH]3)C2)c1C. The van der Waals surface area contributed by atoms with Crippen LogP contribution in [0, 0.1) is 13.8 Å². The van der Waals surface area contributed by atoms with E-state index >= 15 is 0 Å². The van der Waals surface area contributed by atoms with Gasteiger partial charge < -0.3 is 9.72 Å². The second-order valence-electron chi connectivity index (χ2n) is 5.58. The van der Waals surface area contributed by atoms with Gasteiger partial charge in [-0.05, 0) is 20.8 Å². The zero-order chi connectivity index (χ0) is 16.6. The summed E-state index contributed by atoms with van der Waals surface area (Å²) in [6.07, 6.45) is 2.76. The van der Waals surface area contributed by atoms with Crippen LogP contribution in [0.5, 0.6) is 0 Å². The summed E-state index contributed by atoms with van der Waals surface area (Å²) < 4.78 is 34.6. The van der Waals surface area contributed by atoms with Crippen LogP contribution in [-0.4, -0.2) is 52.2 Å². The Kier molecular flexibility index (Phi) is 4.26. The highest BCUT2D eigenvalue weighted by atomic mass is 32.2. The van der Waals surface area contributed by atoms with Gasteiger partial charge in [0.15, 0.2) is 0 Å². The lowest BCUT2D eigenvalue weighted by Gasteiger charge is -2.31. The first kappa shape index (κ1) is 16.2. The zero-order valence-corrected chi connectivity index (χ0v) is 14.3. The van der Waals surface area contributed by atoms with Gasteiger partial charge in [-0.1, -0.05) is 0 Å². The number of sulfonamides is 1. The van der Waals surface area contributed by atoms with Gasteiger partial charge in [-0.25, -0.2) is 13.4 Å². The van der Waals surface area contributed by atoms with E-state index in [4.69, 9.17) is 4.74 Å². The van der Waals surface area contributed by atoms with Crippen molar-refractivity contribution < 1.29 is 13.2 Å². The Bertz CT molecular complexity index is 795. The van der Waals surface area contributed by atoms with Crippen molar-refractivity contribution >= 4 is 10.0 Å². The number of hydrogen-bond donors (Lipinski definition) is 1. The molecule has 0 aliphatic carbocycles. The molecule has 0 unspecified atom stereocenters. The molecule has 0 spiro atoms. The third-order valence-electron chi connectivity index (χ3n) is 4.03. The smallest absolute Gasteiger partial charge is 0.246 e. The van der Waals surface area contributed by atoms with Crippen molar-refractivity contribution in [2.24, 2.45) is 0 Å². The van der Waals surface area contributed by atoms with E-state index in [0.29, 0.717) is 31.2 Å². The number of aromatic amines is 1. The van der Waals surface area contributed by atoms with Gasteiger partial charge >= 0.3 is 0 Å². The second-order valence-corrected chi connectivity index (χ2v) is 7.49. The number of rotatable bonds is 4. The Morgan fingerprint density at radius 2 is 2.17 bits per heavy atom. The van der Waals surface area contributed by atoms with Gasteiger partial charge in [0.25, 0.3) is 0 Å². The minimum atomic E-state index is -3.59. The van der Waals surface area contributed by atoms with Crippen LogP contribution >= 0.6 is 0 Å². The first-order chi connectivity index (χ1) is 10.9. The van der Waals surface area contributed by atoms with E-state index in [0.717, 1.165) is 5.69 Å². The summed E-state index contributed by atoms with van der Waals surface area (Å²) in [4.78, 5) is 7.61. The number of H-pyrrole nitrogens is 1. The number of aryl methyl sites for hydroxylation is 2. The number of ether oxygens (including phenoxy) is 1. The molecule has 1 fully saturated rings. The summed E-state index contributed by atoms with van der Waals surface area (Å²) in [5, 5.41) is 4.14. The lowest BCUT2D eigenvalue weighted by Crippen LogP contribution is -2.42. The van der Waals surface area contributed by atoms with Crippen LogP contribution in [0.1, 0.15) is 30.2 Å². The topological polar surface area (TPSA) is 93.1 Å². The first-order valence-corrected chi connectivity index (χ1v) is 9.03. The highest BCUT2D eigenvalue weighted by molar-refractivity contribution is 7.89. The average molecular weight is 339 g/mol. The quantitative estimate of drug-likeness (QED) is 0.897. The molecule has 0 aromatic carbocycles. The molecule has 0 bridgehead atoms. The molecule has 3 heterocycles. The van der Waals surface area contributed by atoms with Crippen LogP contribution in [-0.2, 0) is 21.3 Å². The lowest BCUT2D eigenvalue weighted by atomic mass is 10.3. The maximum atomic E-state index is 12.9. The summed E-state index contributed by atoms with van der Waals surface area (Å²) in [7, 11) is -3.59. The van der Waals surface area contributed by atoms with Crippen LogP contribution < -0.4 is 0 Å². The van der Waals surface area contributed by atoms with E-state index in [9.17, 15) is 8.42 Å². The minimum absolute atomic E-state index is 0.242. The molecule has 2 aromatic rings. The molecule has 23 heavy (non-hydrogen) atoms. The Morgan fingerprint density at radius 3 is 2.78 bits per heavy atom. The van der Waals surface area contributed by atoms with Crippen LogP contribution in [0.3, 0.4) is 0 Å². The van der Waals surface area contributed by atoms with E-state index in [2.05, 4.69) is 15.1 Å². The van der Waals surface area contributed by atoms with Crippen molar-refractivity contribution in [2.45, 2.75) is 38.3 Å². The van der Waals surface area contributed by atoms with Crippen molar-refractivity contribution in [3.63, 3.8) is 0 Å². The largest absolute Gasteiger partial charge is 0.368 e. The standard InChI is InChI=1S/C14H21N5O3S/c1-4-19-11(3)13(8-16-19)23(20,21)18-5-6-22-12(9-18)14-15-7-10(2)17-14/h7-8,12H,4-6,9H2,1-3H3,(H,15,17)/t12-/m0/s1. The fraction of sp³-hybridized carbons (Fsp3) is 0.571. The van der Waals surface area contributed by atoms with Gasteiger partial charge in [0.2, 0.25) is 10.0 Å². The van der Waals surface area contributed by atoms with E-state index in [1.54, 1.807) is 17.8 Å². The van der Waals surface area contributed by atoms with Crippen LogP contribution in [0.2, 0.25) is 0 Å². The Balaban J connectivity index is 1.86. The molecule has 1 saturated heterocycles. The maximum absolute atomic E-state index is 12.9. The molecule has 1 N–H and O–H groups in total. The number of morpholine rings is 1. The average Bonchev–Trinajstić information content (AvgIpc) is 3.13. The second kappa shape index (κ2) is 6.06. The summed E-state index contributed by atoms with van der Waals surface area (Å²) in [6.45, 7) is 7.15.